The minimum atomic E-state index is -0.450. The molecule has 0 aliphatic carbocycles. The maximum atomic E-state index is 10.9. The minimum absolute atomic E-state index is 0.00445. The van der Waals surface area contributed by atoms with E-state index in [-0.39, 0.29) is 11.4 Å². The fourth-order valence-electron chi connectivity index (χ4n) is 2.58. The molecule has 0 spiro atoms. The topological polar surface area (TPSA) is 114 Å². The number of nitro groups is 1. The molecule has 0 atom stereocenters. The van der Waals surface area contributed by atoms with Crippen molar-refractivity contribution in [2.24, 2.45) is 0 Å². The molecule has 0 aliphatic heterocycles. The summed E-state index contributed by atoms with van der Waals surface area (Å²) in [6, 6.07) is 16.3. The second-order valence-corrected chi connectivity index (χ2v) is 5.77. The van der Waals surface area contributed by atoms with Gasteiger partial charge in [-0.05, 0) is 42.5 Å². The predicted molar refractivity (Wildman–Crippen MR) is 101 cm³/mol. The van der Waals surface area contributed by atoms with Crippen molar-refractivity contribution in [1.82, 2.24) is 15.0 Å². The highest BCUT2D eigenvalue weighted by Gasteiger charge is 2.08. The largest absolute Gasteiger partial charge is 0.508 e. The second kappa shape index (κ2) is 6.68. The van der Waals surface area contributed by atoms with Crippen molar-refractivity contribution in [2.75, 3.05) is 5.32 Å². The zero-order valence-electron chi connectivity index (χ0n) is 13.9. The van der Waals surface area contributed by atoms with Gasteiger partial charge in [0.15, 0.2) is 5.65 Å². The van der Waals surface area contributed by atoms with Gasteiger partial charge in [-0.2, -0.15) is 0 Å². The summed E-state index contributed by atoms with van der Waals surface area (Å²) in [5, 5.41) is 23.4. The summed E-state index contributed by atoms with van der Waals surface area (Å²) in [5.41, 5.74) is 3.05. The van der Waals surface area contributed by atoms with Crippen LogP contribution in [0.1, 0.15) is 0 Å². The van der Waals surface area contributed by atoms with Gasteiger partial charge in [0.25, 0.3) is 5.69 Å². The monoisotopic (exact) mass is 359 g/mol. The first-order valence-electron chi connectivity index (χ1n) is 8.03. The molecule has 0 unspecified atom stereocenters. The van der Waals surface area contributed by atoms with Gasteiger partial charge in [0.2, 0.25) is 0 Å². The fraction of sp³-hybridized carbons (Fsp3) is 0. The SMILES string of the molecule is O=[N+]([O-])c1cccc(Nc2ccc3ncc(-c4ccc(O)cc4)nc3n2)c1. The molecule has 2 heterocycles. The first kappa shape index (κ1) is 16.4. The smallest absolute Gasteiger partial charge is 0.271 e. The molecular formula is C19H13N5O3. The Kier molecular flexibility index (Phi) is 4.06. The second-order valence-electron chi connectivity index (χ2n) is 5.77. The molecule has 0 aliphatic rings. The zero-order valence-corrected chi connectivity index (χ0v) is 13.9. The van der Waals surface area contributed by atoms with Crippen LogP contribution in [-0.4, -0.2) is 25.0 Å². The number of non-ortho nitro benzene ring substituents is 1. The van der Waals surface area contributed by atoms with Crippen LogP contribution in [0.4, 0.5) is 17.2 Å². The number of benzene rings is 2. The van der Waals surface area contributed by atoms with Gasteiger partial charge >= 0.3 is 0 Å². The molecule has 2 aromatic heterocycles. The van der Waals surface area contributed by atoms with Gasteiger partial charge < -0.3 is 10.4 Å². The standard InChI is InChI=1S/C19H13N5O3/c25-15-6-4-12(5-7-15)17-11-20-16-8-9-18(23-19(16)22-17)21-13-2-1-3-14(10-13)24(26)27/h1-11,25H,(H,21,22,23). The van der Waals surface area contributed by atoms with E-state index < -0.39 is 4.92 Å². The molecule has 4 aromatic rings. The number of hydrogen-bond acceptors (Lipinski definition) is 7. The van der Waals surface area contributed by atoms with Crippen LogP contribution in [0.5, 0.6) is 5.75 Å². The molecule has 8 nitrogen and oxygen atoms in total. The average Bonchev–Trinajstić information content (AvgIpc) is 2.68. The van der Waals surface area contributed by atoms with Crippen molar-refractivity contribution < 1.29 is 10.0 Å². The summed E-state index contributed by atoms with van der Waals surface area (Å²) in [5.74, 6) is 0.675. The summed E-state index contributed by atoms with van der Waals surface area (Å²) >= 11 is 0. The summed E-state index contributed by atoms with van der Waals surface area (Å²) in [4.78, 5) is 23.8. The van der Waals surface area contributed by atoms with Crippen LogP contribution >= 0.6 is 0 Å². The Hall–Kier alpha value is -4.07. The molecule has 8 heteroatoms. The summed E-state index contributed by atoms with van der Waals surface area (Å²) in [6.07, 6.45) is 1.64. The van der Waals surface area contributed by atoms with Crippen molar-refractivity contribution in [3.8, 4) is 17.0 Å². The summed E-state index contributed by atoms with van der Waals surface area (Å²) < 4.78 is 0. The molecule has 132 valence electrons. The number of nitrogens with zero attached hydrogens (tertiary/aromatic N) is 4. The van der Waals surface area contributed by atoms with Gasteiger partial charge in [-0.3, -0.25) is 15.1 Å². The highest BCUT2D eigenvalue weighted by atomic mass is 16.6. The quantitative estimate of drug-likeness (QED) is 0.417. The lowest BCUT2D eigenvalue weighted by Gasteiger charge is -2.07. The van der Waals surface area contributed by atoms with E-state index in [1.165, 1.54) is 12.1 Å². The Morgan fingerprint density at radius 1 is 1.00 bits per heavy atom. The first-order chi connectivity index (χ1) is 13.1. The van der Waals surface area contributed by atoms with E-state index in [1.54, 1.807) is 54.7 Å². The first-order valence-corrected chi connectivity index (χ1v) is 8.03. The van der Waals surface area contributed by atoms with E-state index in [0.717, 1.165) is 5.56 Å². The van der Waals surface area contributed by atoms with Gasteiger partial charge in [-0.25, -0.2) is 9.97 Å². The lowest BCUT2D eigenvalue weighted by molar-refractivity contribution is -0.384. The molecule has 2 N–H and O–H groups in total. The molecule has 0 saturated carbocycles. The zero-order chi connectivity index (χ0) is 18.8. The summed E-state index contributed by atoms with van der Waals surface area (Å²) in [7, 11) is 0. The third-order valence-electron chi connectivity index (χ3n) is 3.90. The van der Waals surface area contributed by atoms with Gasteiger partial charge in [0.05, 0.1) is 16.8 Å². The molecule has 4 rings (SSSR count). The Balaban J connectivity index is 1.67. The minimum Gasteiger partial charge on any atom is -0.508 e. The van der Waals surface area contributed by atoms with Crippen molar-refractivity contribution >= 4 is 28.4 Å². The number of phenolic OH excluding ortho intramolecular Hbond substituents is 1. The molecule has 0 fully saturated rings. The van der Waals surface area contributed by atoms with E-state index in [0.29, 0.717) is 28.4 Å². The molecule has 0 bridgehead atoms. The van der Waals surface area contributed by atoms with Crippen LogP contribution in [-0.2, 0) is 0 Å². The van der Waals surface area contributed by atoms with E-state index >= 15 is 0 Å². The van der Waals surface area contributed by atoms with Crippen molar-refractivity contribution in [2.45, 2.75) is 0 Å². The number of aromatic hydroxyl groups is 1. The number of rotatable bonds is 4. The average molecular weight is 359 g/mol. The number of fused-ring (bicyclic) bond motifs is 1. The third kappa shape index (κ3) is 3.49. The molecule has 0 radical (unpaired) electrons. The molecule has 0 amide bonds. The maximum Gasteiger partial charge on any atom is 0.271 e. The Bertz CT molecular complexity index is 1150. The van der Waals surface area contributed by atoms with Gasteiger partial charge in [-0.15, -0.1) is 0 Å². The van der Waals surface area contributed by atoms with Crippen LogP contribution in [0.25, 0.3) is 22.4 Å². The third-order valence-corrected chi connectivity index (χ3v) is 3.90. The van der Waals surface area contributed by atoms with Crippen LogP contribution < -0.4 is 5.32 Å². The normalized spacial score (nSPS) is 10.7. The molecule has 2 aromatic carbocycles. The number of hydrogen-bond donors (Lipinski definition) is 2. The number of anilines is 2. The molecule has 0 saturated heterocycles. The van der Waals surface area contributed by atoms with E-state index in [2.05, 4.69) is 20.3 Å². The van der Waals surface area contributed by atoms with Gasteiger partial charge in [0, 0.05) is 23.4 Å². The number of aromatic nitrogens is 3. The van der Waals surface area contributed by atoms with Crippen LogP contribution in [0, 0.1) is 10.1 Å². The highest BCUT2D eigenvalue weighted by molar-refractivity contribution is 5.76. The lowest BCUT2D eigenvalue weighted by Crippen LogP contribution is -1.97. The Labute approximate surface area is 153 Å². The highest BCUT2D eigenvalue weighted by Crippen LogP contribution is 2.23. The summed E-state index contributed by atoms with van der Waals surface area (Å²) in [6.45, 7) is 0. The Morgan fingerprint density at radius 3 is 2.59 bits per heavy atom. The predicted octanol–water partition coefficient (Wildman–Crippen LogP) is 4.05. The number of phenols is 1. The molecular weight excluding hydrogens is 346 g/mol. The van der Waals surface area contributed by atoms with Crippen molar-refractivity contribution in [3.05, 3.63) is 77.0 Å². The number of nitrogens with one attached hydrogen (secondary N) is 1. The maximum absolute atomic E-state index is 10.9. The fourth-order valence-corrected chi connectivity index (χ4v) is 2.58. The Morgan fingerprint density at radius 2 is 1.81 bits per heavy atom. The van der Waals surface area contributed by atoms with Crippen LogP contribution in [0.15, 0.2) is 66.9 Å². The molecule has 27 heavy (non-hydrogen) atoms. The van der Waals surface area contributed by atoms with Crippen molar-refractivity contribution in [3.63, 3.8) is 0 Å². The number of nitro benzene ring substituents is 1. The van der Waals surface area contributed by atoms with Crippen molar-refractivity contribution in [1.29, 1.82) is 0 Å². The van der Waals surface area contributed by atoms with E-state index in [1.807, 2.05) is 0 Å². The van der Waals surface area contributed by atoms with Crippen LogP contribution in [0.3, 0.4) is 0 Å². The van der Waals surface area contributed by atoms with Gasteiger partial charge in [0.1, 0.15) is 17.1 Å². The van der Waals surface area contributed by atoms with Gasteiger partial charge in [-0.1, -0.05) is 6.07 Å². The lowest BCUT2D eigenvalue weighted by atomic mass is 10.1. The van der Waals surface area contributed by atoms with E-state index in [9.17, 15) is 15.2 Å². The van der Waals surface area contributed by atoms with Crippen LogP contribution in [0.2, 0.25) is 0 Å². The number of pyridine rings is 1. The van der Waals surface area contributed by atoms with E-state index in [4.69, 9.17) is 0 Å².